The van der Waals surface area contributed by atoms with Crippen LogP contribution in [0.2, 0.25) is 0 Å². The van der Waals surface area contributed by atoms with E-state index in [1.807, 2.05) is 13.0 Å². The predicted molar refractivity (Wildman–Crippen MR) is 77.9 cm³/mol. The lowest BCUT2D eigenvalue weighted by Gasteiger charge is -2.12. The molecule has 0 aromatic heterocycles. The number of hydrogen-bond acceptors (Lipinski definition) is 3. The third kappa shape index (κ3) is 2.98. The molecule has 5 heteroatoms. The molecular formula is C15H12BrFN2O. The zero-order valence-corrected chi connectivity index (χ0v) is 12.3. The van der Waals surface area contributed by atoms with Crippen LogP contribution < -0.4 is 10.5 Å². The van der Waals surface area contributed by atoms with Gasteiger partial charge in [0.25, 0.3) is 0 Å². The average molecular weight is 335 g/mol. The molecule has 0 bridgehead atoms. The maximum absolute atomic E-state index is 13.5. The molecular weight excluding hydrogens is 323 g/mol. The topological polar surface area (TPSA) is 59.0 Å². The second-order valence-electron chi connectivity index (χ2n) is 4.30. The highest BCUT2D eigenvalue weighted by molar-refractivity contribution is 9.10. The fourth-order valence-electron chi connectivity index (χ4n) is 1.77. The Labute approximate surface area is 124 Å². The van der Waals surface area contributed by atoms with E-state index in [0.29, 0.717) is 5.75 Å². The second kappa shape index (κ2) is 6.04. The van der Waals surface area contributed by atoms with E-state index >= 15 is 0 Å². The first-order valence-corrected chi connectivity index (χ1v) is 6.73. The van der Waals surface area contributed by atoms with E-state index in [2.05, 4.69) is 15.9 Å². The number of halogens is 2. The van der Waals surface area contributed by atoms with Crippen molar-refractivity contribution in [2.24, 2.45) is 5.73 Å². The zero-order valence-electron chi connectivity index (χ0n) is 10.7. The van der Waals surface area contributed by atoms with Crippen molar-refractivity contribution < 1.29 is 9.13 Å². The van der Waals surface area contributed by atoms with Crippen molar-refractivity contribution in [3.05, 3.63) is 57.8 Å². The summed E-state index contributed by atoms with van der Waals surface area (Å²) < 4.78 is 19.8. The van der Waals surface area contributed by atoms with Crippen LogP contribution in [0, 0.1) is 17.1 Å². The average Bonchev–Trinajstić information content (AvgIpc) is 2.38. The fraction of sp³-hybridized carbons (Fsp3) is 0.133. The molecule has 102 valence electrons. The minimum Gasteiger partial charge on any atom is -0.456 e. The van der Waals surface area contributed by atoms with E-state index in [4.69, 9.17) is 15.7 Å². The van der Waals surface area contributed by atoms with Gasteiger partial charge in [0.05, 0.1) is 0 Å². The molecule has 0 saturated heterocycles. The standard InChI is InChI=1S/C15H12BrFN2O/c1-9(19)11-6-5-10(7-13(11)16)20-15-4-2-3-14(17)12(15)8-18/h2-7,9H,19H2,1H3. The number of nitrogens with two attached hydrogens (primary N) is 1. The summed E-state index contributed by atoms with van der Waals surface area (Å²) in [6, 6.07) is 11.3. The Morgan fingerprint density at radius 3 is 2.70 bits per heavy atom. The van der Waals surface area contributed by atoms with E-state index < -0.39 is 5.82 Å². The fourth-order valence-corrected chi connectivity index (χ4v) is 2.48. The SMILES string of the molecule is CC(N)c1ccc(Oc2cccc(F)c2C#N)cc1Br. The van der Waals surface area contributed by atoms with Gasteiger partial charge >= 0.3 is 0 Å². The second-order valence-corrected chi connectivity index (χ2v) is 5.15. The first-order valence-electron chi connectivity index (χ1n) is 5.94. The first kappa shape index (κ1) is 14.5. The number of nitriles is 1. The van der Waals surface area contributed by atoms with Gasteiger partial charge in [-0.05, 0) is 36.8 Å². The van der Waals surface area contributed by atoms with Crippen molar-refractivity contribution in [3.8, 4) is 17.6 Å². The largest absolute Gasteiger partial charge is 0.456 e. The Kier molecular flexibility index (Phi) is 4.38. The quantitative estimate of drug-likeness (QED) is 0.911. The van der Waals surface area contributed by atoms with Crippen LogP contribution in [0.5, 0.6) is 11.5 Å². The molecule has 0 radical (unpaired) electrons. The van der Waals surface area contributed by atoms with Crippen LogP contribution in [0.4, 0.5) is 4.39 Å². The van der Waals surface area contributed by atoms with Crippen LogP contribution in [0.1, 0.15) is 24.1 Å². The number of benzene rings is 2. The highest BCUT2D eigenvalue weighted by atomic mass is 79.9. The number of rotatable bonds is 3. The summed E-state index contributed by atoms with van der Waals surface area (Å²) >= 11 is 3.41. The van der Waals surface area contributed by atoms with Gasteiger partial charge in [0.2, 0.25) is 0 Å². The molecule has 0 spiro atoms. The number of hydrogen-bond donors (Lipinski definition) is 1. The molecule has 1 atom stereocenters. The lowest BCUT2D eigenvalue weighted by molar-refractivity contribution is 0.473. The number of nitrogens with zero attached hydrogens (tertiary/aromatic N) is 1. The Hall–Kier alpha value is -1.90. The van der Waals surface area contributed by atoms with Crippen molar-refractivity contribution in [1.29, 1.82) is 5.26 Å². The summed E-state index contributed by atoms with van der Waals surface area (Å²) in [6.07, 6.45) is 0. The molecule has 0 amide bonds. The van der Waals surface area contributed by atoms with Gasteiger partial charge in [0, 0.05) is 10.5 Å². The van der Waals surface area contributed by atoms with Gasteiger partial charge in [-0.15, -0.1) is 0 Å². The van der Waals surface area contributed by atoms with E-state index in [-0.39, 0.29) is 17.4 Å². The summed E-state index contributed by atoms with van der Waals surface area (Å²) in [5, 5.41) is 8.95. The van der Waals surface area contributed by atoms with Gasteiger partial charge in [-0.1, -0.05) is 28.1 Å². The third-order valence-corrected chi connectivity index (χ3v) is 3.46. The van der Waals surface area contributed by atoms with Crippen molar-refractivity contribution in [3.63, 3.8) is 0 Å². The van der Waals surface area contributed by atoms with Crippen LogP contribution in [-0.4, -0.2) is 0 Å². The summed E-state index contributed by atoms with van der Waals surface area (Å²) in [4.78, 5) is 0. The highest BCUT2D eigenvalue weighted by Crippen LogP contribution is 2.31. The molecule has 1 unspecified atom stereocenters. The molecule has 20 heavy (non-hydrogen) atoms. The molecule has 2 N–H and O–H groups in total. The monoisotopic (exact) mass is 334 g/mol. The lowest BCUT2D eigenvalue weighted by atomic mass is 10.1. The van der Waals surface area contributed by atoms with Crippen LogP contribution in [0.25, 0.3) is 0 Å². The minimum atomic E-state index is -0.601. The number of ether oxygens (including phenoxy) is 1. The van der Waals surface area contributed by atoms with Gasteiger partial charge < -0.3 is 10.5 Å². The molecule has 0 heterocycles. The summed E-state index contributed by atoms with van der Waals surface area (Å²) in [7, 11) is 0. The van der Waals surface area contributed by atoms with Crippen molar-refractivity contribution >= 4 is 15.9 Å². The van der Waals surface area contributed by atoms with Crippen molar-refractivity contribution in [2.75, 3.05) is 0 Å². The van der Waals surface area contributed by atoms with E-state index in [1.165, 1.54) is 12.1 Å². The molecule has 3 nitrogen and oxygen atoms in total. The molecule has 0 aliphatic carbocycles. The molecule has 0 fully saturated rings. The van der Waals surface area contributed by atoms with Gasteiger partial charge in [-0.2, -0.15) is 5.26 Å². The van der Waals surface area contributed by atoms with Crippen LogP contribution in [0.3, 0.4) is 0 Å². The Morgan fingerprint density at radius 2 is 2.10 bits per heavy atom. The Bertz CT molecular complexity index is 680. The molecule has 2 aromatic carbocycles. The predicted octanol–water partition coefficient (Wildman–Crippen LogP) is 4.27. The maximum atomic E-state index is 13.5. The third-order valence-electron chi connectivity index (χ3n) is 2.78. The van der Waals surface area contributed by atoms with Crippen LogP contribution >= 0.6 is 15.9 Å². The molecule has 0 aliphatic heterocycles. The van der Waals surface area contributed by atoms with E-state index in [0.717, 1.165) is 10.0 Å². The van der Waals surface area contributed by atoms with Gasteiger partial charge in [-0.25, -0.2) is 4.39 Å². The molecule has 2 rings (SSSR count). The highest BCUT2D eigenvalue weighted by Gasteiger charge is 2.11. The van der Waals surface area contributed by atoms with Crippen LogP contribution in [0.15, 0.2) is 40.9 Å². The molecule has 0 aliphatic rings. The van der Waals surface area contributed by atoms with Gasteiger partial charge in [0.15, 0.2) is 0 Å². The normalized spacial score (nSPS) is 11.8. The van der Waals surface area contributed by atoms with E-state index in [1.54, 1.807) is 24.3 Å². The summed E-state index contributed by atoms with van der Waals surface area (Å²) in [5.41, 5.74) is 6.65. The molecule has 2 aromatic rings. The smallest absolute Gasteiger partial charge is 0.148 e. The first-order chi connectivity index (χ1) is 9.52. The lowest BCUT2D eigenvalue weighted by Crippen LogP contribution is -2.05. The van der Waals surface area contributed by atoms with Crippen molar-refractivity contribution in [1.82, 2.24) is 0 Å². The molecule has 0 saturated carbocycles. The van der Waals surface area contributed by atoms with Gasteiger partial charge in [0.1, 0.15) is 28.9 Å². The van der Waals surface area contributed by atoms with Crippen LogP contribution in [-0.2, 0) is 0 Å². The van der Waals surface area contributed by atoms with E-state index in [9.17, 15) is 4.39 Å². The Balaban J connectivity index is 2.34. The van der Waals surface area contributed by atoms with Crippen molar-refractivity contribution in [2.45, 2.75) is 13.0 Å². The maximum Gasteiger partial charge on any atom is 0.148 e. The summed E-state index contributed by atoms with van der Waals surface area (Å²) in [5.74, 6) is 0.0904. The van der Waals surface area contributed by atoms with Gasteiger partial charge in [-0.3, -0.25) is 0 Å². The zero-order chi connectivity index (χ0) is 14.7. The summed E-state index contributed by atoms with van der Waals surface area (Å²) in [6.45, 7) is 1.88. The Morgan fingerprint density at radius 1 is 1.35 bits per heavy atom. The minimum absolute atomic E-state index is 0.109.